The lowest BCUT2D eigenvalue weighted by atomic mass is 9.92. The summed E-state index contributed by atoms with van der Waals surface area (Å²) in [6.07, 6.45) is 0.781. The molecule has 1 aromatic rings. The molecular weight excluding hydrogens is 269 g/mol. The van der Waals surface area contributed by atoms with Gasteiger partial charge in [-0.25, -0.2) is 0 Å². The van der Waals surface area contributed by atoms with Crippen molar-refractivity contribution in [3.63, 3.8) is 0 Å². The zero-order chi connectivity index (χ0) is 13.8. The second-order valence-electron chi connectivity index (χ2n) is 4.79. The number of hydrogen-bond acceptors (Lipinski definition) is 2. The summed E-state index contributed by atoms with van der Waals surface area (Å²) in [5, 5.41) is 4.52. The van der Waals surface area contributed by atoms with E-state index in [0.29, 0.717) is 16.7 Å². The monoisotopic (exact) mass is 289 g/mol. The maximum atomic E-state index is 6.22. The first kappa shape index (κ1) is 15.8. The van der Waals surface area contributed by atoms with Gasteiger partial charge in [0.05, 0.1) is 15.6 Å². The number of likely N-dealkylation sites (N-methyl/N-ethyl adjacent to an activating group) is 1. The van der Waals surface area contributed by atoms with Gasteiger partial charge in [0, 0.05) is 12.6 Å². The average molecular weight is 290 g/mol. The molecule has 1 N–H and O–H groups in total. The van der Waals surface area contributed by atoms with Gasteiger partial charge in [-0.3, -0.25) is 0 Å². The zero-order valence-corrected chi connectivity index (χ0v) is 12.9. The molecule has 1 aromatic carbocycles. The largest absolute Gasteiger partial charge is 0.374 e. The Hall–Kier alpha value is -0.280. The lowest BCUT2D eigenvalue weighted by molar-refractivity contribution is -0.0363. The summed E-state index contributed by atoms with van der Waals surface area (Å²) in [6, 6.07) is 5.90. The van der Waals surface area contributed by atoms with Crippen molar-refractivity contribution in [1.29, 1.82) is 0 Å². The van der Waals surface area contributed by atoms with Crippen LogP contribution in [0.2, 0.25) is 10.0 Å². The molecule has 0 heterocycles. The Morgan fingerprint density at radius 3 is 2.56 bits per heavy atom. The highest BCUT2D eigenvalue weighted by Gasteiger charge is 2.29. The summed E-state index contributed by atoms with van der Waals surface area (Å²) < 4.78 is 5.79. The Morgan fingerprint density at radius 2 is 2.00 bits per heavy atom. The van der Waals surface area contributed by atoms with Gasteiger partial charge in [0.15, 0.2) is 0 Å². The van der Waals surface area contributed by atoms with Crippen LogP contribution in [0.5, 0.6) is 0 Å². The number of benzene rings is 1. The van der Waals surface area contributed by atoms with Crippen molar-refractivity contribution in [3.05, 3.63) is 33.8 Å². The van der Waals surface area contributed by atoms with Gasteiger partial charge in [0.1, 0.15) is 0 Å². The summed E-state index contributed by atoms with van der Waals surface area (Å²) in [4.78, 5) is 0. The standard InChI is InChI=1S/C14H21Cl2NO/c1-5-18-14(2,3)12(17-4)9-10-7-6-8-11(15)13(10)16/h6-8,12,17H,5,9H2,1-4H3. The molecule has 0 aliphatic carbocycles. The van der Waals surface area contributed by atoms with E-state index in [-0.39, 0.29) is 11.6 Å². The topological polar surface area (TPSA) is 21.3 Å². The number of rotatable bonds is 6. The smallest absolute Gasteiger partial charge is 0.0781 e. The third kappa shape index (κ3) is 3.86. The molecule has 18 heavy (non-hydrogen) atoms. The lowest BCUT2D eigenvalue weighted by Crippen LogP contribution is -2.48. The zero-order valence-electron chi connectivity index (χ0n) is 11.4. The highest BCUT2D eigenvalue weighted by Crippen LogP contribution is 2.28. The Balaban J connectivity index is 2.89. The molecule has 0 amide bonds. The number of nitrogens with one attached hydrogen (secondary N) is 1. The van der Waals surface area contributed by atoms with Crippen LogP contribution in [0.4, 0.5) is 0 Å². The van der Waals surface area contributed by atoms with Gasteiger partial charge in [-0.1, -0.05) is 35.3 Å². The van der Waals surface area contributed by atoms with Crippen LogP contribution in [0.3, 0.4) is 0 Å². The van der Waals surface area contributed by atoms with Crippen molar-refractivity contribution in [2.45, 2.75) is 38.8 Å². The van der Waals surface area contributed by atoms with E-state index in [0.717, 1.165) is 12.0 Å². The second-order valence-corrected chi connectivity index (χ2v) is 5.58. The fourth-order valence-corrected chi connectivity index (χ4v) is 2.49. The third-order valence-electron chi connectivity index (χ3n) is 3.16. The molecule has 1 unspecified atom stereocenters. The van der Waals surface area contributed by atoms with Crippen LogP contribution in [-0.2, 0) is 11.2 Å². The van der Waals surface area contributed by atoms with Gasteiger partial charge in [0.25, 0.3) is 0 Å². The highest BCUT2D eigenvalue weighted by molar-refractivity contribution is 6.42. The lowest BCUT2D eigenvalue weighted by Gasteiger charge is -2.34. The van der Waals surface area contributed by atoms with Crippen molar-refractivity contribution < 1.29 is 4.74 Å². The molecule has 0 spiro atoms. The fraction of sp³-hybridized carbons (Fsp3) is 0.571. The first-order chi connectivity index (χ1) is 8.42. The second kappa shape index (κ2) is 6.76. The Bertz CT molecular complexity index is 393. The van der Waals surface area contributed by atoms with Crippen molar-refractivity contribution in [2.24, 2.45) is 0 Å². The van der Waals surface area contributed by atoms with E-state index in [4.69, 9.17) is 27.9 Å². The van der Waals surface area contributed by atoms with E-state index in [1.165, 1.54) is 0 Å². The molecule has 0 aromatic heterocycles. The number of hydrogen-bond donors (Lipinski definition) is 1. The van der Waals surface area contributed by atoms with Crippen LogP contribution in [0.1, 0.15) is 26.3 Å². The first-order valence-electron chi connectivity index (χ1n) is 6.16. The first-order valence-corrected chi connectivity index (χ1v) is 6.92. The molecule has 0 aliphatic heterocycles. The van der Waals surface area contributed by atoms with Gasteiger partial charge in [-0.2, -0.15) is 0 Å². The predicted octanol–water partition coefficient (Wildman–Crippen LogP) is 3.94. The van der Waals surface area contributed by atoms with E-state index in [1.54, 1.807) is 6.07 Å². The molecule has 1 atom stereocenters. The van der Waals surface area contributed by atoms with E-state index in [2.05, 4.69) is 19.2 Å². The molecule has 0 saturated carbocycles. The van der Waals surface area contributed by atoms with Crippen molar-refractivity contribution >= 4 is 23.2 Å². The summed E-state index contributed by atoms with van der Waals surface area (Å²) in [6.45, 7) is 6.85. The van der Waals surface area contributed by atoms with Crippen LogP contribution in [0, 0.1) is 0 Å². The quantitative estimate of drug-likeness (QED) is 0.857. The minimum Gasteiger partial charge on any atom is -0.374 e. The molecule has 1 rings (SSSR count). The molecule has 4 heteroatoms. The van der Waals surface area contributed by atoms with Crippen molar-refractivity contribution in [3.8, 4) is 0 Å². The molecule has 0 fully saturated rings. The summed E-state index contributed by atoms with van der Waals surface area (Å²) >= 11 is 12.3. The highest BCUT2D eigenvalue weighted by atomic mass is 35.5. The Morgan fingerprint density at radius 1 is 1.33 bits per heavy atom. The minimum absolute atomic E-state index is 0.174. The molecular formula is C14H21Cl2NO. The fourth-order valence-electron chi connectivity index (χ4n) is 2.09. The molecule has 0 radical (unpaired) electrons. The van der Waals surface area contributed by atoms with E-state index < -0.39 is 0 Å². The molecule has 0 aliphatic rings. The SMILES string of the molecule is CCOC(C)(C)C(Cc1cccc(Cl)c1Cl)NC. The van der Waals surface area contributed by atoms with Gasteiger partial charge in [-0.15, -0.1) is 0 Å². The van der Waals surface area contributed by atoms with Crippen LogP contribution < -0.4 is 5.32 Å². The maximum Gasteiger partial charge on any atom is 0.0781 e. The molecule has 0 bridgehead atoms. The summed E-state index contributed by atoms with van der Waals surface area (Å²) in [5.74, 6) is 0. The molecule has 102 valence electrons. The number of ether oxygens (including phenoxy) is 1. The van der Waals surface area contributed by atoms with Crippen LogP contribution >= 0.6 is 23.2 Å². The van der Waals surface area contributed by atoms with Gasteiger partial charge in [0.2, 0.25) is 0 Å². The third-order valence-corrected chi connectivity index (χ3v) is 4.02. The van der Waals surface area contributed by atoms with E-state index in [9.17, 15) is 0 Å². The molecule has 2 nitrogen and oxygen atoms in total. The minimum atomic E-state index is -0.255. The van der Waals surface area contributed by atoms with Gasteiger partial charge >= 0.3 is 0 Å². The van der Waals surface area contributed by atoms with Crippen molar-refractivity contribution in [2.75, 3.05) is 13.7 Å². The Kier molecular flexibility index (Phi) is 5.93. The van der Waals surface area contributed by atoms with Crippen LogP contribution in [-0.4, -0.2) is 25.3 Å². The average Bonchev–Trinajstić information content (AvgIpc) is 2.30. The maximum absolute atomic E-state index is 6.22. The van der Waals surface area contributed by atoms with Gasteiger partial charge in [-0.05, 0) is 45.9 Å². The normalized spacial score (nSPS) is 13.7. The summed E-state index contributed by atoms with van der Waals surface area (Å²) in [5.41, 5.74) is 0.783. The van der Waals surface area contributed by atoms with Crippen LogP contribution in [0.15, 0.2) is 18.2 Å². The van der Waals surface area contributed by atoms with Crippen LogP contribution in [0.25, 0.3) is 0 Å². The van der Waals surface area contributed by atoms with E-state index >= 15 is 0 Å². The summed E-state index contributed by atoms with van der Waals surface area (Å²) in [7, 11) is 1.93. The Labute approximate surface area is 120 Å². The van der Waals surface area contributed by atoms with Gasteiger partial charge < -0.3 is 10.1 Å². The molecule has 0 saturated heterocycles. The predicted molar refractivity (Wildman–Crippen MR) is 78.7 cm³/mol. The van der Waals surface area contributed by atoms with E-state index in [1.807, 2.05) is 26.1 Å². The van der Waals surface area contributed by atoms with Crippen molar-refractivity contribution in [1.82, 2.24) is 5.32 Å². The number of halogens is 2.